The fourth-order valence-corrected chi connectivity index (χ4v) is 1.75. The maximum Gasteiger partial charge on any atom is 0.113 e. The van der Waals surface area contributed by atoms with Gasteiger partial charge in [0.05, 0.1) is 5.69 Å². The predicted molar refractivity (Wildman–Crippen MR) is 68.0 cm³/mol. The number of aryl methyl sites for hydroxylation is 1. The Morgan fingerprint density at radius 2 is 1.65 bits per heavy atom. The van der Waals surface area contributed by atoms with Gasteiger partial charge in [-0.15, -0.1) is 10.2 Å². The van der Waals surface area contributed by atoms with Crippen LogP contribution in [0.2, 0.25) is 0 Å². The molecular formula is C13H12N4. The van der Waals surface area contributed by atoms with Gasteiger partial charge in [0.2, 0.25) is 0 Å². The van der Waals surface area contributed by atoms with E-state index in [0.717, 1.165) is 22.4 Å². The molecule has 0 atom stereocenters. The molecule has 2 aromatic carbocycles. The lowest BCUT2D eigenvalue weighted by Crippen LogP contribution is -1.98. The molecular weight excluding hydrogens is 212 g/mol. The summed E-state index contributed by atoms with van der Waals surface area (Å²) in [6, 6.07) is 13.5. The Morgan fingerprint density at radius 3 is 2.41 bits per heavy atom. The van der Waals surface area contributed by atoms with Crippen LogP contribution in [0, 0.1) is 6.92 Å². The molecule has 3 aromatic rings. The van der Waals surface area contributed by atoms with Crippen molar-refractivity contribution in [1.82, 2.24) is 15.0 Å². The van der Waals surface area contributed by atoms with Crippen LogP contribution in [0.25, 0.3) is 16.7 Å². The first-order valence-corrected chi connectivity index (χ1v) is 5.42. The van der Waals surface area contributed by atoms with Crippen LogP contribution in [-0.2, 0) is 0 Å². The van der Waals surface area contributed by atoms with Gasteiger partial charge in [0.15, 0.2) is 0 Å². The summed E-state index contributed by atoms with van der Waals surface area (Å²) in [5.74, 6) is 0. The maximum atomic E-state index is 5.65. The Labute approximate surface area is 98.7 Å². The third-order valence-electron chi connectivity index (χ3n) is 2.66. The molecule has 0 bridgehead atoms. The molecule has 0 saturated carbocycles. The minimum absolute atomic E-state index is 0.737. The normalized spacial score (nSPS) is 10.9. The molecule has 0 radical (unpaired) electrons. The second-order valence-electron chi connectivity index (χ2n) is 4.07. The molecule has 84 valence electrons. The Balaban J connectivity index is 2.14. The van der Waals surface area contributed by atoms with Gasteiger partial charge in [-0.25, -0.2) is 0 Å². The van der Waals surface area contributed by atoms with Crippen molar-refractivity contribution >= 4 is 16.7 Å². The number of hydrogen-bond donors (Lipinski definition) is 1. The van der Waals surface area contributed by atoms with Gasteiger partial charge >= 0.3 is 0 Å². The Kier molecular flexibility index (Phi) is 2.08. The molecule has 0 spiro atoms. The molecule has 0 aliphatic rings. The van der Waals surface area contributed by atoms with E-state index >= 15 is 0 Å². The van der Waals surface area contributed by atoms with Gasteiger partial charge in [-0.1, -0.05) is 6.07 Å². The third-order valence-corrected chi connectivity index (χ3v) is 2.66. The van der Waals surface area contributed by atoms with E-state index in [4.69, 9.17) is 5.73 Å². The monoisotopic (exact) mass is 224 g/mol. The van der Waals surface area contributed by atoms with Crippen LogP contribution in [0.3, 0.4) is 0 Å². The SMILES string of the molecule is Cc1ccc2nn(-c3ccc(N)cc3)nc2c1. The van der Waals surface area contributed by atoms with Crippen LogP contribution in [-0.4, -0.2) is 15.0 Å². The average Bonchev–Trinajstić information content (AvgIpc) is 2.72. The van der Waals surface area contributed by atoms with Gasteiger partial charge < -0.3 is 5.73 Å². The summed E-state index contributed by atoms with van der Waals surface area (Å²) >= 11 is 0. The Hall–Kier alpha value is -2.36. The molecule has 0 aliphatic heterocycles. The van der Waals surface area contributed by atoms with E-state index < -0.39 is 0 Å². The topological polar surface area (TPSA) is 56.7 Å². The second kappa shape index (κ2) is 3.59. The summed E-state index contributed by atoms with van der Waals surface area (Å²) in [6.45, 7) is 2.04. The van der Waals surface area contributed by atoms with Crippen LogP contribution in [0.4, 0.5) is 5.69 Å². The zero-order valence-corrected chi connectivity index (χ0v) is 9.46. The van der Waals surface area contributed by atoms with Crippen LogP contribution in [0.15, 0.2) is 42.5 Å². The van der Waals surface area contributed by atoms with E-state index in [0.29, 0.717) is 0 Å². The summed E-state index contributed by atoms with van der Waals surface area (Å²) in [7, 11) is 0. The molecule has 1 heterocycles. The standard InChI is InChI=1S/C13H12N4/c1-9-2-7-12-13(8-9)16-17(15-12)11-5-3-10(14)4-6-11/h2-8H,14H2,1H3. The first-order chi connectivity index (χ1) is 8.22. The van der Waals surface area contributed by atoms with E-state index in [9.17, 15) is 0 Å². The number of aromatic nitrogens is 3. The van der Waals surface area contributed by atoms with Crippen molar-refractivity contribution in [2.24, 2.45) is 0 Å². The van der Waals surface area contributed by atoms with Gasteiger partial charge in [-0.2, -0.15) is 4.80 Å². The molecule has 0 fully saturated rings. The third kappa shape index (κ3) is 1.73. The highest BCUT2D eigenvalue weighted by Crippen LogP contribution is 2.14. The van der Waals surface area contributed by atoms with Gasteiger partial charge in [0.1, 0.15) is 11.0 Å². The van der Waals surface area contributed by atoms with Crippen molar-refractivity contribution < 1.29 is 0 Å². The van der Waals surface area contributed by atoms with Crippen molar-refractivity contribution in [2.45, 2.75) is 6.92 Å². The Bertz CT molecular complexity index is 667. The number of nitrogen functional groups attached to an aromatic ring is 1. The quantitative estimate of drug-likeness (QED) is 0.645. The van der Waals surface area contributed by atoms with E-state index in [-0.39, 0.29) is 0 Å². The van der Waals surface area contributed by atoms with Crippen LogP contribution in [0.5, 0.6) is 0 Å². The highest BCUT2D eigenvalue weighted by atomic mass is 15.5. The van der Waals surface area contributed by atoms with Crippen molar-refractivity contribution in [3.8, 4) is 5.69 Å². The van der Waals surface area contributed by atoms with Crippen molar-refractivity contribution in [3.63, 3.8) is 0 Å². The molecule has 4 nitrogen and oxygen atoms in total. The maximum absolute atomic E-state index is 5.65. The molecule has 0 aliphatic carbocycles. The second-order valence-corrected chi connectivity index (χ2v) is 4.07. The lowest BCUT2D eigenvalue weighted by atomic mass is 10.2. The zero-order chi connectivity index (χ0) is 11.8. The largest absolute Gasteiger partial charge is 0.399 e. The van der Waals surface area contributed by atoms with E-state index in [1.807, 2.05) is 49.4 Å². The number of anilines is 1. The van der Waals surface area contributed by atoms with Gasteiger partial charge in [-0.3, -0.25) is 0 Å². The Morgan fingerprint density at radius 1 is 0.941 bits per heavy atom. The van der Waals surface area contributed by atoms with E-state index in [1.54, 1.807) is 4.80 Å². The summed E-state index contributed by atoms with van der Waals surface area (Å²) < 4.78 is 0. The number of nitrogens with zero attached hydrogens (tertiary/aromatic N) is 3. The lowest BCUT2D eigenvalue weighted by molar-refractivity contribution is 0.766. The van der Waals surface area contributed by atoms with Gasteiger partial charge in [-0.05, 0) is 48.9 Å². The van der Waals surface area contributed by atoms with Crippen molar-refractivity contribution in [3.05, 3.63) is 48.0 Å². The highest BCUT2D eigenvalue weighted by molar-refractivity contribution is 5.74. The molecule has 2 N–H and O–H groups in total. The fraction of sp³-hybridized carbons (Fsp3) is 0.0769. The van der Waals surface area contributed by atoms with E-state index in [2.05, 4.69) is 10.2 Å². The first-order valence-electron chi connectivity index (χ1n) is 5.42. The lowest BCUT2D eigenvalue weighted by Gasteiger charge is -1.98. The first kappa shape index (κ1) is 9.84. The number of rotatable bonds is 1. The molecule has 0 saturated heterocycles. The van der Waals surface area contributed by atoms with Crippen LogP contribution in [0.1, 0.15) is 5.56 Å². The van der Waals surface area contributed by atoms with Crippen molar-refractivity contribution in [2.75, 3.05) is 5.73 Å². The smallest absolute Gasteiger partial charge is 0.113 e. The minimum Gasteiger partial charge on any atom is -0.399 e. The van der Waals surface area contributed by atoms with Crippen LogP contribution >= 0.6 is 0 Å². The number of hydrogen-bond acceptors (Lipinski definition) is 3. The molecule has 0 unspecified atom stereocenters. The van der Waals surface area contributed by atoms with Crippen LogP contribution < -0.4 is 5.73 Å². The average molecular weight is 224 g/mol. The highest BCUT2D eigenvalue weighted by Gasteiger charge is 2.04. The molecule has 0 amide bonds. The molecule has 1 aromatic heterocycles. The molecule has 3 rings (SSSR count). The predicted octanol–water partition coefficient (Wildman–Crippen LogP) is 2.31. The van der Waals surface area contributed by atoms with Crippen molar-refractivity contribution in [1.29, 1.82) is 0 Å². The summed E-state index contributed by atoms with van der Waals surface area (Å²) in [6.07, 6.45) is 0. The summed E-state index contributed by atoms with van der Waals surface area (Å²) in [5.41, 5.74) is 10.3. The van der Waals surface area contributed by atoms with E-state index in [1.165, 1.54) is 5.56 Å². The van der Waals surface area contributed by atoms with Gasteiger partial charge in [0, 0.05) is 5.69 Å². The number of benzene rings is 2. The molecule has 17 heavy (non-hydrogen) atoms. The molecule has 4 heteroatoms. The van der Waals surface area contributed by atoms with Gasteiger partial charge in [0.25, 0.3) is 0 Å². The summed E-state index contributed by atoms with van der Waals surface area (Å²) in [4.78, 5) is 1.63. The number of nitrogens with two attached hydrogens (primary N) is 1. The fourth-order valence-electron chi connectivity index (χ4n) is 1.75. The zero-order valence-electron chi connectivity index (χ0n) is 9.46. The number of fused-ring (bicyclic) bond motifs is 1. The summed E-state index contributed by atoms with van der Waals surface area (Å²) in [5, 5.41) is 8.86. The minimum atomic E-state index is 0.737.